The lowest BCUT2D eigenvalue weighted by Gasteiger charge is -2.33. The van der Waals surface area contributed by atoms with Crippen molar-refractivity contribution in [3.05, 3.63) is 35.4 Å². The summed E-state index contributed by atoms with van der Waals surface area (Å²) < 4.78 is 26.3. The minimum atomic E-state index is -2.89. The van der Waals surface area contributed by atoms with E-state index in [0.717, 1.165) is 26.2 Å². The highest BCUT2D eigenvalue weighted by atomic mass is 19.3. The van der Waals surface area contributed by atoms with Crippen LogP contribution in [0.3, 0.4) is 0 Å². The van der Waals surface area contributed by atoms with Gasteiger partial charge in [-0.15, -0.1) is 0 Å². The molecule has 0 heterocycles. The van der Waals surface area contributed by atoms with Gasteiger partial charge in [0.15, 0.2) is 0 Å². The molecule has 4 heteroatoms. The quantitative estimate of drug-likeness (QED) is 0.896. The van der Waals surface area contributed by atoms with Gasteiger partial charge < -0.3 is 5.11 Å². The van der Waals surface area contributed by atoms with Crippen LogP contribution in [0.5, 0.6) is 0 Å². The Balaban J connectivity index is 2.36. The average molecular weight is 268 g/mol. The number of alkyl halides is 2. The zero-order valence-electron chi connectivity index (χ0n) is 11.0. The summed E-state index contributed by atoms with van der Waals surface area (Å²) in [7, 11) is 0. The van der Waals surface area contributed by atoms with Gasteiger partial charge in [-0.1, -0.05) is 43.5 Å². The van der Waals surface area contributed by atoms with Crippen molar-refractivity contribution in [2.75, 3.05) is 0 Å². The topological polar surface area (TPSA) is 37.3 Å². The molecule has 0 saturated heterocycles. The molecule has 0 amide bonds. The van der Waals surface area contributed by atoms with Gasteiger partial charge in [0.2, 0.25) is 0 Å². The van der Waals surface area contributed by atoms with Gasteiger partial charge in [0.1, 0.15) is 0 Å². The molecule has 1 aliphatic carbocycles. The first-order valence-corrected chi connectivity index (χ1v) is 6.58. The van der Waals surface area contributed by atoms with Gasteiger partial charge >= 0.3 is 5.97 Å². The first-order valence-electron chi connectivity index (χ1n) is 6.58. The lowest BCUT2D eigenvalue weighted by Crippen LogP contribution is -2.37. The van der Waals surface area contributed by atoms with Crippen molar-refractivity contribution in [3.63, 3.8) is 0 Å². The van der Waals surface area contributed by atoms with Gasteiger partial charge in [-0.2, -0.15) is 0 Å². The fraction of sp³-hybridized carbons (Fsp3) is 0.533. The van der Waals surface area contributed by atoms with Crippen LogP contribution >= 0.6 is 0 Å². The number of carboxylic acids is 1. The Labute approximate surface area is 111 Å². The van der Waals surface area contributed by atoms with E-state index in [9.17, 15) is 18.7 Å². The Morgan fingerprint density at radius 2 is 1.68 bits per heavy atom. The summed E-state index contributed by atoms with van der Waals surface area (Å²) in [5, 5.41) is 9.52. The van der Waals surface area contributed by atoms with Crippen molar-refractivity contribution >= 4 is 5.97 Å². The number of halogens is 2. The lowest BCUT2D eigenvalue weighted by molar-refractivity contribution is -0.145. The molecule has 2 rings (SSSR count). The molecule has 19 heavy (non-hydrogen) atoms. The van der Waals surface area contributed by atoms with Crippen molar-refractivity contribution < 1.29 is 18.7 Å². The van der Waals surface area contributed by atoms with Crippen molar-refractivity contribution in [3.8, 4) is 0 Å². The molecule has 1 N–H and O–H groups in total. The van der Waals surface area contributed by atoms with Gasteiger partial charge in [0.25, 0.3) is 5.92 Å². The summed E-state index contributed by atoms with van der Waals surface area (Å²) in [6, 6.07) is 5.78. The number of hydrogen-bond donors (Lipinski definition) is 1. The van der Waals surface area contributed by atoms with E-state index in [-0.39, 0.29) is 5.56 Å². The monoisotopic (exact) mass is 268 g/mol. The molecule has 0 spiro atoms. The van der Waals surface area contributed by atoms with Crippen molar-refractivity contribution in [1.82, 2.24) is 0 Å². The van der Waals surface area contributed by atoms with E-state index in [4.69, 9.17) is 0 Å². The first-order chi connectivity index (χ1) is 8.86. The van der Waals surface area contributed by atoms with Gasteiger partial charge in [-0.25, -0.2) is 8.78 Å². The van der Waals surface area contributed by atoms with E-state index >= 15 is 0 Å². The minimum Gasteiger partial charge on any atom is -0.481 e. The molecule has 0 bridgehead atoms. The standard InChI is InChI=1S/C15H18F2O2/c1-14(16,17)11-5-7-12(8-6-11)15(13(18)19)9-3-2-4-10-15/h5-8H,2-4,9-10H2,1H3,(H,18,19). The highest BCUT2D eigenvalue weighted by Gasteiger charge is 2.41. The second-order valence-electron chi connectivity index (χ2n) is 5.41. The molecular formula is C15H18F2O2. The second-order valence-corrected chi connectivity index (χ2v) is 5.41. The Bertz CT molecular complexity index is 454. The average Bonchev–Trinajstić information content (AvgIpc) is 2.38. The van der Waals surface area contributed by atoms with Crippen LogP contribution in [-0.4, -0.2) is 11.1 Å². The molecule has 2 nitrogen and oxygen atoms in total. The van der Waals surface area contributed by atoms with Crippen molar-refractivity contribution in [2.45, 2.75) is 50.4 Å². The second kappa shape index (κ2) is 4.91. The minimum absolute atomic E-state index is 0.0763. The molecule has 1 saturated carbocycles. The van der Waals surface area contributed by atoms with E-state index in [1.54, 1.807) is 12.1 Å². The highest BCUT2D eigenvalue weighted by Crippen LogP contribution is 2.40. The Kier molecular flexibility index (Phi) is 3.61. The molecule has 0 unspecified atom stereocenters. The number of rotatable bonds is 3. The fourth-order valence-electron chi connectivity index (χ4n) is 2.86. The molecule has 0 aromatic heterocycles. The number of hydrogen-bond acceptors (Lipinski definition) is 1. The number of aliphatic carboxylic acids is 1. The van der Waals surface area contributed by atoms with E-state index in [0.29, 0.717) is 18.4 Å². The maximum Gasteiger partial charge on any atom is 0.314 e. The van der Waals surface area contributed by atoms with E-state index in [1.165, 1.54) is 12.1 Å². The summed E-state index contributed by atoms with van der Waals surface area (Å²) >= 11 is 0. The predicted octanol–water partition coefficient (Wildman–Crippen LogP) is 4.08. The Hall–Kier alpha value is -1.45. The Morgan fingerprint density at radius 3 is 2.11 bits per heavy atom. The summed E-state index contributed by atoms with van der Waals surface area (Å²) in [5.74, 6) is -3.73. The van der Waals surface area contributed by atoms with Crippen LogP contribution in [0.4, 0.5) is 8.78 Å². The van der Waals surface area contributed by atoms with Crippen molar-refractivity contribution in [2.24, 2.45) is 0 Å². The van der Waals surface area contributed by atoms with E-state index in [1.807, 2.05) is 0 Å². The van der Waals surface area contributed by atoms with Crippen LogP contribution in [0.2, 0.25) is 0 Å². The molecule has 0 radical (unpaired) electrons. The predicted molar refractivity (Wildman–Crippen MR) is 68.4 cm³/mol. The largest absolute Gasteiger partial charge is 0.481 e. The van der Waals surface area contributed by atoms with Gasteiger partial charge in [-0.05, 0) is 18.4 Å². The molecule has 0 atom stereocenters. The third-order valence-corrected chi connectivity index (χ3v) is 4.06. The normalized spacial score (nSPS) is 19.1. The van der Waals surface area contributed by atoms with E-state index in [2.05, 4.69) is 0 Å². The fourth-order valence-corrected chi connectivity index (χ4v) is 2.86. The number of carboxylic acid groups (broad SMARTS) is 1. The highest BCUT2D eigenvalue weighted by molar-refractivity contribution is 5.81. The zero-order chi connectivity index (χ0) is 14.1. The van der Waals surface area contributed by atoms with Crippen LogP contribution in [0.25, 0.3) is 0 Å². The molecule has 1 fully saturated rings. The van der Waals surface area contributed by atoms with Gasteiger partial charge in [0.05, 0.1) is 5.41 Å². The Morgan fingerprint density at radius 1 is 1.16 bits per heavy atom. The van der Waals surface area contributed by atoms with Gasteiger partial charge in [0, 0.05) is 12.5 Å². The van der Waals surface area contributed by atoms with Crippen LogP contribution in [0.15, 0.2) is 24.3 Å². The summed E-state index contributed by atoms with van der Waals surface area (Å²) in [5.41, 5.74) is -0.319. The molecular weight excluding hydrogens is 250 g/mol. The van der Waals surface area contributed by atoms with E-state index < -0.39 is 17.3 Å². The van der Waals surface area contributed by atoms with Crippen LogP contribution in [0, 0.1) is 0 Å². The number of benzene rings is 1. The third-order valence-electron chi connectivity index (χ3n) is 4.06. The van der Waals surface area contributed by atoms with Crippen LogP contribution < -0.4 is 0 Å². The SMILES string of the molecule is CC(F)(F)c1ccc(C2(C(=O)O)CCCCC2)cc1. The van der Waals surface area contributed by atoms with Crippen LogP contribution in [-0.2, 0) is 16.1 Å². The number of carbonyl (C=O) groups is 1. The first kappa shape index (κ1) is 14.0. The molecule has 1 aromatic rings. The summed E-state index contributed by atoms with van der Waals surface area (Å²) in [6.07, 6.45) is 3.96. The molecule has 1 aromatic carbocycles. The lowest BCUT2D eigenvalue weighted by atomic mass is 9.69. The summed E-state index contributed by atoms with van der Waals surface area (Å²) in [6.45, 7) is 0.843. The maximum atomic E-state index is 13.2. The smallest absolute Gasteiger partial charge is 0.314 e. The molecule has 104 valence electrons. The summed E-state index contributed by atoms with van der Waals surface area (Å²) in [4.78, 5) is 11.6. The molecule has 0 aliphatic heterocycles. The third kappa shape index (κ3) is 2.62. The molecule has 1 aliphatic rings. The van der Waals surface area contributed by atoms with Crippen LogP contribution in [0.1, 0.15) is 50.2 Å². The maximum absolute atomic E-state index is 13.2. The van der Waals surface area contributed by atoms with Crippen molar-refractivity contribution in [1.29, 1.82) is 0 Å². The zero-order valence-corrected chi connectivity index (χ0v) is 11.0. The van der Waals surface area contributed by atoms with Gasteiger partial charge in [-0.3, -0.25) is 4.79 Å².